The average Bonchev–Trinajstić information content (AvgIpc) is 2.97. The third-order valence-corrected chi connectivity index (χ3v) is 4.05. The first-order valence-electron chi connectivity index (χ1n) is 7.82. The number of carbonyl (C=O) groups excluding carboxylic acids is 1. The third-order valence-electron chi connectivity index (χ3n) is 3.52. The number of aromatic nitrogens is 2. The van der Waals surface area contributed by atoms with Gasteiger partial charge in [-0.2, -0.15) is 0 Å². The van der Waals surface area contributed by atoms with Gasteiger partial charge in [0.1, 0.15) is 12.3 Å². The van der Waals surface area contributed by atoms with E-state index in [1.807, 2.05) is 43.3 Å². The fourth-order valence-electron chi connectivity index (χ4n) is 2.22. The average molecular weight is 390 g/mol. The van der Waals surface area contributed by atoms with E-state index in [9.17, 15) is 4.79 Å². The Morgan fingerprint density at radius 1 is 1.31 bits per heavy atom. The first kappa shape index (κ1) is 18.2. The lowest BCUT2D eigenvalue weighted by atomic mass is 10.2. The van der Waals surface area contributed by atoms with Gasteiger partial charge in [0.2, 0.25) is 5.91 Å². The van der Waals surface area contributed by atoms with Crippen LogP contribution in [0.2, 0.25) is 5.02 Å². The topological polar surface area (TPSA) is 69.3 Å². The monoisotopic (exact) mass is 389 g/mol. The second-order valence-electron chi connectivity index (χ2n) is 5.53. The molecule has 3 rings (SSSR count). The number of rotatable bonds is 6. The standard InChI is InChI=1S/C18H16ClN3O3S/c1-12-7-8-13(19)9-15(12)20-16(23)10-22-18(26)25-17(21-22)11-24-14-5-3-2-4-6-14/h2-9H,10-11H2,1H3,(H,20,23). The fraction of sp³-hybridized carbons (Fsp3) is 0.167. The maximum atomic E-state index is 12.3. The number of hydrogen-bond donors (Lipinski definition) is 1. The minimum atomic E-state index is -0.282. The summed E-state index contributed by atoms with van der Waals surface area (Å²) < 4.78 is 12.2. The Labute approximate surface area is 160 Å². The lowest BCUT2D eigenvalue weighted by Crippen LogP contribution is -2.20. The van der Waals surface area contributed by atoms with Crippen LogP contribution in [0.15, 0.2) is 52.9 Å². The second kappa shape index (κ2) is 8.16. The van der Waals surface area contributed by atoms with Gasteiger partial charge in [0, 0.05) is 10.7 Å². The number of carbonyl (C=O) groups is 1. The zero-order valence-corrected chi connectivity index (χ0v) is 15.5. The summed E-state index contributed by atoms with van der Waals surface area (Å²) >= 11 is 11.1. The minimum Gasteiger partial charge on any atom is -0.484 e. The molecule has 6 nitrogen and oxygen atoms in total. The Morgan fingerprint density at radius 2 is 2.08 bits per heavy atom. The van der Waals surface area contributed by atoms with Gasteiger partial charge in [0.05, 0.1) is 0 Å². The fourth-order valence-corrected chi connectivity index (χ4v) is 2.60. The summed E-state index contributed by atoms with van der Waals surface area (Å²) in [4.78, 5) is 12.4. The summed E-state index contributed by atoms with van der Waals surface area (Å²) in [7, 11) is 0. The molecule has 0 saturated carbocycles. The summed E-state index contributed by atoms with van der Waals surface area (Å²) in [6.07, 6.45) is 0. The van der Waals surface area contributed by atoms with Crippen molar-refractivity contribution in [2.75, 3.05) is 5.32 Å². The van der Waals surface area contributed by atoms with Gasteiger partial charge in [-0.15, -0.1) is 5.10 Å². The molecule has 0 aliphatic carbocycles. The highest BCUT2D eigenvalue weighted by molar-refractivity contribution is 7.71. The molecule has 0 atom stereocenters. The lowest BCUT2D eigenvalue weighted by Gasteiger charge is -2.08. The van der Waals surface area contributed by atoms with Crippen molar-refractivity contribution >= 4 is 35.4 Å². The highest BCUT2D eigenvalue weighted by atomic mass is 35.5. The molecule has 1 amide bonds. The summed E-state index contributed by atoms with van der Waals surface area (Å²) in [6, 6.07) is 14.6. The van der Waals surface area contributed by atoms with Crippen LogP contribution in [0.25, 0.3) is 0 Å². The molecular formula is C18H16ClN3O3S. The van der Waals surface area contributed by atoms with Crippen molar-refractivity contribution < 1.29 is 13.9 Å². The summed E-state index contributed by atoms with van der Waals surface area (Å²) in [5.41, 5.74) is 1.55. The molecule has 26 heavy (non-hydrogen) atoms. The molecule has 2 aromatic carbocycles. The lowest BCUT2D eigenvalue weighted by molar-refractivity contribution is -0.117. The van der Waals surface area contributed by atoms with Crippen molar-refractivity contribution in [3.63, 3.8) is 0 Å². The van der Waals surface area contributed by atoms with Crippen molar-refractivity contribution in [1.29, 1.82) is 0 Å². The number of para-hydroxylation sites is 1. The van der Waals surface area contributed by atoms with Crippen molar-refractivity contribution in [2.24, 2.45) is 0 Å². The number of benzene rings is 2. The van der Waals surface area contributed by atoms with Gasteiger partial charge in [0.25, 0.3) is 10.7 Å². The van der Waals surface area contributed by atoms with E-state index in [2.05, 4.69) is 10.4 Å². The molecule has 0 unspecified atom stereocenters. The van der Waals surface area contributed by atoms with Crippen LogP contribution in [0.3, 0.4) is 0 Å². The normalized spacial score (nSPS) is 10.5. The molecule has 1 aromatic heterocycles. The molecule has 134 valence electrons. The molecule has 1 heterocycles. The quantitative estimate of drug-likeness (QED) is 0.633. The molecule has 3 aromatic rings. The van der Waals surface area contributed by atoms with Crippen LogP contribution in [0.1, 0.15) is 11.5 Å². The molecule has 0 bridgehead atoms. The van der Waals surface area contributed by atoms with E-state index in [0.29, 0.717) is 22.4 Å². The molecular weight excluding hydrogens is 374 g/mol. The number of aryl methyl sites for hydroxylation is 1. The van der Waals surface area contributed by atoms with Gasteiger partial charge in [-0.3, -0.25) is 4.79 Å². The van der Waals surface area contributed by atoms with Gasteiger partial charge >= 0.3 is 0 Å². The van der Waals surface area contributed by atoms with Gasteiger partial charge in [-0.25, -0.2) is 4.68 Å². The summed E-state index contributed by atoms with van der Waals surface area (Å²) in [5.74, 6) is 0.707. The number of halogens is 1. The van der Waals surface area contributed by atoms with Crippen LogP contribution in [-0.2, 0) is 17.9 Å². The Balaban J connectivity index is 1.63. The molecule has 0 saturated heterocycles. The summed E-state index contributed by atoms with van der Waals surface area (Å²) in [5, 5.41) is 7.52. The molecule has 0 aliphatic rings. The van der Waals surface area contributed by atoms with E-state index in [0.717, 1.165) is 5.56 Å². The predicted octanol–water partition coefficient (Wildman–Crippen LogP) is 4.39. The Hall–Kier alpha value is -2.64. The number of amides is 1. The number of anilines is 1. The number of ether oxygens (including phenoxy) is 1. The van der Waals surface area contributed by atoms with Crippen molar-refractivity contribution in [3.8, 4) is 5.75 Å². The molecule has 0 aliphatic heterocycles. The van der Waals surface area contributed by atoms with Crippen molar-refractivity contribution in [2.45, 2.75) is 20.1 Å². The SMILES string of the molecule is Cc1ccc(Cl)cc1NC(=O)Cn1nc(COc2ccccc2)oc1=S. The van der Waals surface area contributed by atoms with E-state index in [-0.39, 0.29) is 23.9 Å². The molecule has 1 N–H and O–H groups in total. The smallest absolute Gasteiger partial charge is 0.287 e. The first-order valence-corrected chi connectivity index (χ1v) is 8.60. The van der Waals surface area contributed by atoms with Gasteiger partial charge < -0.3 is 14.5 Å². The predicted molar refractivity (Wildman–Crippen MR) is 101 cm³/mol. The van der Waals surface area contributed by atoms with Gasteiger partial charge in [-0.05, 0) is 49.0 Å². The van der Waals surface area contributed by atoms with Crippen LogP contribution in [0, 0.1) is 11.8 Å². The number of hydrogen-bond acceptors (Lipinski definition) is 5. The van der Waals surface area contributed by atoms with Crippen molar-refractivity contribution in [1.82, 2.24) is 9.78 Å². The van der Waals surface area contributed by atoms with E-state index < -0.39 is 0 Å². The Bertz CT molecular complexity index is 969. The largest absolute Gasteiger partial charge is 0.484 e. The van der Waals surface area contributed by atoms with Crippen LogP contribution < -0.4 is 10.1 Å². The summed E-state index contributed by atoms with van der Waals surface area (Å²) in [6.45, 7) is 1.93. The van der Waals surface area contributed by atoms with Crippen LogP contribution in [0.4, 0.5) is 5.69 Å². The first-order chi connectivity index (χ1) is 12.5. The van der Waals surface area contributed by atoms with Crippen molar-refractivity contribution in [3.05, 3.63) is 69.8 Å². The van der Waals surface area contributed by atoms with E-state index in [1.54, 1.807) is 12.1 Å². The minimum absolute atomic E-state index is 0.0698. The van der Waals surface area contributed by atoms with E-state index in [1.165, 1.54) is 4.68 Å². The Kier molecular flexibility index (Phi) is 5.70. The highest BCUT2D eigenvalue weighted by Crippen LogP contribution is 2.20. The van der Waals surface area contributed by atoms with E-state index >= 15 is 0 Å². The molecule has 8 heteroatoms. The van der Waals surface area contributed by atoms with Crippen LogP contribution in [-0.4, -0.2) is 15.7 Å². The maximum absolute atomic E-state index is 12.3. The van der Waals surface area contributed by atoms with Crippen LogP contribution >= 0.6 is 23.8 Å². The zero-order chi connectivity index (χ0) is 18.5. The highest BCUT2D eigenvalue weighted by Gasteiger charge is 2.11. The number of nitrogens with one attached hydrogen (secondary N) is 1. The molecule has 0 spiro atoms. The third kappa shape index (κ3) is 4.71. The second-order valence-corrected chi connectivity index (χ2v) is 6.31. The van der Waals surface area contributed by atoms with Gasteiger partial charge in [0.15, 0.2) is 6.61 Å². The zero-order valence-electron chi connectivity index (χ0n) is 13.9. The maximum Gasteiger partial charge on any atom is 0.287 e. The van der Waals surface area contributed by atoms with Gasteiger partial charge in [-0.1, -0.05) is 35.9 Å². The Morgan fingerprint density at radius 3 is 2.85 bits per heavy atom. The number of nitrogens with zero attached hydrogens (tertiary/aromatic N) is 2. The van der Waals surface area contributed by atoms with Crippen LogP contribution in [0.5, 0.6) is 5.75 Å². The molecule has 0 radical (unpaired) electrons. The van der Waals surface area contributed by atoms with E-state index in [4.69, 9.17) is 33.0 Å². The molecule has 0 fully saturated rings.